The van der Waals surface area contributed by atoms with Crippen LogP contribution < -0.4 is 4.90 Å². The van der Waals surface area contributed by atoms with Gasteiger partial charge in [0.2, 0.25) is 5.95 Å². The summed E-state index contributed by atoms with van der Waals surface area (Å²) < 4.78 is 15.0. The first-order chi connectivity index (χ1) is 7.83. The molecule has 3 rings (SSSR count). The van der Waals surface area contributed by atoms with Gasteiger partial charge in [-0.3, -0.25) is 0 Å². The molecule has 82 valence electrons. The van der Waals surface area contributed by atoms with Crippen molar-refractivity contribution >= 4 is 5.82 Å². The number of rotatable bonds is 1. The van der Waals surface area contributed by atoms with Gasteiger partial charge in [-0.15, -0.1) is 10.2 Å². The molecule has 0 radical (unpaired) electrons. The van der Waals surface area contributed by atoms with Crippen molar-refractivity contribution in [2.24, 2.45) is 0 Å². The van der Waals surface area contributed by atoms with Crippen LogP contribution in [0.1, 0.15) is 5.82 Å². The minimum absolute atomic E-state index is 0.454. The van der Waals surface area contributed by atoms with E-state index in [1.54, 1.807) is 18.5 Å². The number of halogens is 1. The summed E-state index contributed by atoms with van der Waals surface area (Å²) in [5.74, 6) is 1.08. The van der Waals surface area contributed by atoms with E-state index in [1.165, 1.54) is 6.07 Å². The van der Waals surface area contributed by atoms with Crippen molar-refractivity contribution < 1.29 is 4.39 Å². The minimum Gasteiger partial charge on any atom is -0.347 e. The number of anilines is 1. The zero-order valence-electron chi connectivity index (χ0n) is 8.54. The number of fused-ring (bicyclic) bond motifs is 1. The normalized spacial score (nSPS) is 14.9. The smallest absolute Gasteiger partial charge is 0.214 e. The largest absolute Gasteiger partial charge is 0.347 e. The van der Waals surface area contributed by atoms with Crippen LogP contribution in [0.2, 0.25) is 0 Å². The third-order valence-corrected chi connectivity index (χ3v) is 2.66. The third-order valence-electron chi connectivity index (χ3n) is 2.66. The Bertz CT molecular complexity index is 509. The quantitative estimate of drug-likeness (QED) is 0.666. The molecular formula is C10H10FN5. The van der Waals surface area contributed by atoms with Gasteiger partial charge in [-0.25, -0.2) is 4.98 Å². The van der Waals surface area contributed by atoms with Crippen molar-refractivity contribution in [3.63, 3.8) is 0 Å². The molecule has 0 fully saturated rings. The summed E-state index contributed by atoms with van der Waals surface area (Å²) in [6.45, 7) is 2.22. The Morgan fingerprint density at radius 1 is 1.25 bits per heavy atom. The van der Waals surface area contributed by atoms with E-state index >= 15 is 0 Å². The van der Waals surface area contributed by atoms with Gasteiger partial charge in [0.05, 0.1) is 6.54 Å². The minimum atomic E-state index is -0.454. The molecule has 0 aromatic carbocycles. The third kappa shape index (κ3) is 1.52. The molecule has 0 N–H and O–H groups in total. The van der Waals surface area contributed by atoms with Crippen molar-refractivity contribution in [3.8, 4) is 0 Å². The zero-order valence-corrected chi connectivity index (χ0v) is 8.54. The van der Waals surface area contributed by atoms with Gasteiger partial charge < -0.3 is 9.47 Å². The van der Waals surface area contributed by atoms with E-state index in [1.807, 2.05) is 9.47 Å². The Balaban J connectivity index is 1.88. The van der Waals surface area contributed by atoms with Crippen LogP contribution in [0.5, 0.6) is 0 Å². The highest BCUT2D eigenvalue weighted by Gasteiger charge is 2.18. The standard InChI is InChI=1S/C10H10FN5/c11-8-2-1-3-9(13-8)15-4-5-16-7-12-14-10(16)6-15/h1-3,7H,4-6H2. The van der Waals surface area contributed by atoms with Gasteiger partial charge in [-0.05, 0) is 12.1 Å². The summed E-state index contributed by atoms with van der Waals surface area (Å²) >= 11 is 0. The molecule has 3 heterocycles. The molecule has 0 saturated heterocycles. The SMILES string of the molecule is Fc1cccc(N2CCn3cnnc3C2)n1. The van der Waals surface area contributed by atoms with Gasteiger partial charge in [0.1, 0.15) is 12.1 Å². The lowest BCUT2D eigenvalue weighted by molar-refractivity contribution is 0.542. The molecule has 5 nitrogen and oxygen atoms in total. The molecule has 1 aliphatic rings. The fraction of sp³-hybridized carbons (Fsp3) is 0.300. The number of nitrogens with zero attached hydrogens (tertiary/aromatic N) is 5. The first-order valence-electron chi connectivity index (χ1n) is 5.07. The summed E-state index contributed by atoms with van der Waals surface area (Å²) in [6.07, 6.45) is 1.71. The molecule has 6 heteroatoms. The average molecular weight is 219 g/mol. The molecule has 16 heavy (non-hydrogen) atoms. The van der Waals surface area contributed by atoms with Crippen LogP contribution in [0.15, 0.2) is 24.5 Å². The monoisotopic (exact) mass is 219 g/mol. The lowest BCUT2D eigenvalue weighted by Crippen LogP contribution is -2.34. The molecular weight excluding hydrogens is 209 g/mol. The summed E-state index contributed by atoms with van der Waals surface area (Å²) in [6, 6.07) is 4.81. The van der Waals surface area contributed by atoms with Gasteiger partial charge in [-0.1, -0.05) is 6.07 Å². The van der Waals surface area contributed by atoms with Crippen molar-refractivity contribution in [1.29, 1.82) is 0 Å². The Morgan fingerprint density at radius 3 is 3.06 bits per heavy atom. The summed E-state index contributed by atoms with van der Waals surface area (Å²) in [5, 5.41) is 7.85. The lowest BCUT2D eigenvalue weighted by atomic mass is 10.3. The molecule has 0 saturated carbocycles. The van der Waals surface area contributed by atoms with Crippen LogP contribution >= 0.6 is 0 Å². The van der Waals surface area contributed by atoms with Crippen LogP contribution in [0.4, 0.5) is 10.2 Å². The van der Waals surface area contributed by atoms with Crippen LogP contribution in [0.3, 0.4) is 0 Å². The van der Waals surface area contributed by atoms with Gasteiger partial charge in [0.25, 0.3) is 0 Å². The molecule has 0 atom stereocenters. The highest BCUT2D eigenvalue weighted by molar-refractivity contribution is 5.38. The number of hydrogen-bond acceptors (Lipinski definition) is 4. The second-order valence-corrected chi connectivity index (χ2v) is 3.68. The molecule has 0 bridgehead atoms. The van der Waals surface area contributed by atoms with Crippen molar-refractivity contribution in [2.45, 2.75) is 13.1 Å². The summed E-state index contributed by atoms with van der Waals surface area (Å²) in [7, 11) is 0. The molecule has 2 aromatic rings. The maximum Gasteiger partial charge on any atom is 0.214 e. The van der Waals surface area contributed by atoms with E-state index in [4.69, 9.17) is 0 Å². The zero-order chi connectivity index (χ0) is 11.0. The van der Waals surface area contributed by atoms with Crippen molar-refractivity contribution in [2.75, 3.05) is 11.4 Å². The molecule has 0 spiro atoms. The van der Waals surface area contributed by atoms with E-state index in [-0.39, 0.29) is 0 Å². The first kappa shape index (κ1) is 9.26. The van der Waals surface area contributed by atoms with Crippen LogP contribution in [-0.2, 0) is 13.1 Å². The molecule has 2 aromatic heterocycles. The van der Waals surface area contributed by atoms with Crippen LogP contribution in [0.25, 0.3) is 0 Å². The average Bonchev–Trinajstić information content (AvgIpc) is 2.75. The van der Waals surface area contributed by atoms with E-state index in [2.05, 4.69) is 15.2 Å². The number of aromatic nitrogens is 4. The maximum atomic E-state index is 13.0. The van der Waals surface area contributed by atoms with Crippen LogP contribution in [0, 0.1) is 5.95 Å². The van der Waals surface area contributed by atoms with Gasteiger partial charge >= 0.3 is 0 Å². The fourth-order valence-electron chi connectivity index (χ4n) is 1.84. The summed E-state index contributed by atoms with van der Waals surface area (Å²) in [4.78, 5) is 5.85. The predicted octanol–water partition coefficient (Wildman–Crippen LogP) is 0.832. The second kappa shape index (κ2) is 3.55. The van der Waals surface area contributed by atoms with Crippen molar-refractivity contribution in [3.05, 3.63) is 36.3 Å². The Hall–Kier alpha value is -1.98. The molecule has 1 aliphatic heterocycles. The second-order valence-electron chi connectivity index (χ2n) is 3.68. The number of hydrogen-bond donors (Lipinski definition) is 0. The Kier molecular flexibility index (Phi) is 2.05. The van der Waals surface area contributed by atoms with Gasteiger partial charge in [-0.2, -0.15) is 4.39 Å². The fourth-order valence-corrected chi connectivity index (χ4v) is 1.84. The first-order valence-corrected chi connectivity index (χ1v) is 5.07. The Labute approximate surface area is 91.5 Å². The van der Waals surface area contributed by atoms with E-state index < -0.39 is 5.95 Å². The van der Waals surface area contributed by atoms with Crippen LogP contribution in [-0.4, -0.2) is 26.3 Å². The highest BCUT2D eigenvalue weighted by atomic mass is 19.1. The van der Waals surface area contributed by atoms with Crippen molar-refractivity contribution in [1.82, 2.24) is 19.7 Å². The van der Waals surface area contributed by atoms with Gasteiger partial charge in [0.15, 0.2) is 5.82 Å². The maximum absolute atomic E-state index is 13.0. The molecule has 0 amide bonds. The topological polar surface area (TPSA) is 46.8 Å². The molecule has 0 aliphatic carbocycles. The van der Waals surface area contributed by atoms with E-state index in [0.29, 0.717) is 12.4 Å². The number of pyridine rings is 1. The van der Waals surface area contributed by atoms with E-state index in [0.717, 1.165) is 18.9 Å². The lowest BCUT2D eigenvalue weighted by Gasteiger charge is -2.27. The molecule has 0 unspecified atom stereocenters. The Morgan fingerprint density at radius 2 is 2.19 bits per heavy atom. The summed E-state index contributed by atoms with van der Waals surface area (Å²) in [5.41, 5.74) is 0. The highest BCUT2D eigenvalue weighted by Crippen LogP contribution is 2.17. The van der Waals surface area contributed by atoms with Gasteiger partial charge in [0, 0.05) is 13.1 Å². The van der Waals surface area contributed by atoms with E-state index in [9.17, 15) is 4.39 Å². The predicted molar refractivity (Wildman–Crippen MR) is 55.3 cm³/mol.